The summed E-state index contributed by atoms with van der Waals surface area (Å²) in [7, 11) is 1.57. The molecule has 1 aromatic rings. The molecule has 2 aliphatic rings. The van der Waals surface area contributed by atoms with Crippen LogP contribution in [0.25, 0.3) is 0 Å². The molecule has 114 valence electrons. The first kappa shape index (κ1) is 14.4. The second-order valence-corrected chi connectivity index (χ2v) is 6.52. The zero-order valence-electron chi connectivity index (χ0n) is 11.9. The van der Waals surface area contributed by atoms with Crippen molar-refractivity contribution in [2.75, 3.05) is 12.4 Å². The molecule has 0 unspecified atom stereocenters. The summed E-state index contributed by atoms with van der Waals surface area (Å²) in [5, 5.41) is 15.3. The minimum absolute atomic E-state index is 0.167. The normalized spacial score (nSPS) is 27.5. The smallest absolute Gasteiger partial charge is 0.405 e. The van der Waals surface area contributed by atoms with Crippen molar-refractivity contribution in [1.82, 2.24) is 10.3 Å². The zero-order chi connectivity index (χ0) is 15.1. The Bertz CT molecular complexity index is 577. The number of nitrogens with one attached hydrogen (secondary N) is 2. The van der Waals surface area contributed by atoms with Crippen LogP contribution in [0.3, 0.4) is 0 Å². The van der Waals surface area contributed by atoms with Crippen LogP contribution in [0.2, 0.25) is 0 Å². The van der Waals surface area contributed by atoms with E-state index in [1.54, 1.807) is 7.11 Å². The van der Waals surface area contributed by atoms with Gasteiger partial charge < -0.3 is 20.5 Å². The number of fused-ring (bicyclic) bond motifs is 1. The highest BCUT2D eigenvalue weighted by atomic mass is 79.9. The van der Waals surface area contributed by atoms with Gasteiger partial charge in [0.15, 0.2) is 0 Å². The Hall–Kier alpha value is -1.50. The van der Waals surface area contributed by atoms with Gasteiger partial charge in [0.25, 0.3) is 0 Å². The van der Waals surface area contributed by atoms with Crippen molar-refractivity contribution in [2.45, 2.75) is 31.8 Å². The van der Waals surface area contributed by atoms with Crippen molar-refractivity contribution < 1.29 is 14.6 Å². The van der Waals surface area contributed by atoms with Gasteiger partial charge >= 0.3 is 6.09 Å². The third kappa shape index (κ3) is 2.66. The predicted octanol–water partition coefficient (Wildman–Crippen LogP) is 3.00. The van der Waals surface area contributed by atoms with Gasteiger partial charge in [-0.3, -0.25) is 0 Å². The van der Waals surface area contributed by atoms with Gasteiger partial charge in [0.1, 0.15) is 10.3 Å². The quantitative estimate of drug-likeness (QED) is 0.726. The van der Waals surface area contributed by atoms with Gasteiger partial charge in [0.2, 0.25) is 5.88 Å². The van der Waals surface area contributed by atoms with Gasteiger partial charge in [-0.1, -0.05) is 6.92 Å². The molecule has 0 radical (unpaired) electrons. The molecule has 1 amide bonds. The minimum Gasteiger partial charge on any atom is -0.479 e. The Morgan fingerprint density at radius 3 is 2.86 bits per heavy atom. The van der Waals surface area contributed by atoms with Gasteiger partial charge in [-0.2, -0.15) is 0 Å². The number of carbonyl (C=O) groups is 1. The third-order valence-electron chi connectivity index (χ3n) is 4.33. The van der Waals surface area contributed by atoms with E-state index in [0.29, 0.717) is 16.4 Å². The largest absolute Gasteiger partial charge is 0.479 e. The molecule has 21 heavy (non-hydrogen) atoms. The standard InChI is InChI=1S/C14H18BrN3O3/c1-6-10(7-3-4-7)17-12-8(11(6)18-14(19)20)5-9(15)16-13(12)21-2/h5-7,10-11,17-18H,3-4H2,1-2H3,(H,19,20)/t6-,10+,11-/m1/s1. The Labute approximate surface area is 131 Å². The van der Waals surface area contributed by atoms with Crippen LogP contribution in [-0.2, 0) is 0 Å². The summed E-state index contributed by atoms with van der Waals surface area (Å²) < 4.78 is 5.99. The lowest BCUT2D eigenvalue weighted by atomic mass is 9.82. The van der Waals surface area contributed by atoms with E-state index >= 15 is 0 Å². The Morgan fingerprint density at radius 2 is 2.29 bits per heavy atom. The van der Waals surface area contributed by atoms with Gasteiger partial charge in [0.05, 0.1) is 13.2 Å². The molecule has 0 saturated heterocycles. The molecule has 1 aliphatic carbocycles. The zero-order valence-corrected chi connectivity index (χ0v) is 13.5. The van der Waals surface area contributed by atoms with Crippen LogP contribution < -0.4 is 15.4 Å². The predicted molar refractivity (Wildman–Crippen MR) is 81.7 cm³/mol. The molecular weight excluding hydrogens is 338 g/mol. The number of ether oxygens (including phenoxy) is 1. The summed E-state index contributed by atoms with van der Waals surface area (Å²) in [5.74, 6) is 1.26. The van der Waals surface area contributed by atoms with Crippen molar-refractivity contribution in [3.8, 4) is 5.88 Å². The lowest BCUT2D eigenvalue weighted by molar-refractivity contribution is 0.181. The molecule has 0 spiro atoms. The van der Waals surface area contributed by atoms with Crippen LogP contribution in [0.5, 0.6) is 5.88 Å². The van der Waals surface area contributed by atoms with E-state index in [-0.39, 0.29) is 18.0 Å². The van der Waals surface area contributed by atoms with Crippen molar-refractivity contribution in [3.63, 3.8) is 0 Å². The number of aromatic nitrogens is 1. The average molecular weight is 356 g/mol. The molecule has 7 heteroatoms. The SMILES string of the molecule is COc1nc(Br)cc2c1N[C@H](C1CC1)[C@@H](C)[C@H]2NC(=O)O. The first-order valence-electron chi connectivity index (χ1n) is 7.01. The highest BCUT2D eigenvalue weighted by molar-refractivity contribution is 9.10. The number of carboxylic acid groups (broad SMARTS) is 1. The highest BCUT2D eigenvalue weighted by Gasteiger charge is 2.43. The van der Waals surface area contributed by atoms with Crippen molar-refractivity contribution >= 4 is 27.7 Å². The van der Waals surface area contributed by atoms with E-state index < -0.39 is 6.09 Å². The molecule has 1 saturated carbocycles. The molecule has 3 N–H and O–H groups in total. The van der Waals surface area contributed by atoms with Gasteiger partial charge in [0, 0.05) is 17.5 Å². The number of methoxy groups -OCH3 is 1. The lowest BCUT2D eigenvalue weighted by Gasteiger charge is -2.39. The molecule has 3 atom stereocenters. The molecule has 3 rings (SSSR count). The number of hydrogen-bond donors (Lipinski definition) is 3. The Kier molecular flexibility index (Phi) is 3.69. The van der Waals surface area contributed by atoms with Crippen LogP contribution in [0.4, 0.5) is 10.5 Å². The fourth-order valence-electron chi connectivity index (χ4n) is 3.18. The van der Waals surface area contributed by atoms with Crippen molar-refractivity contribution in [1.29, 1.82) is 0 Å². The van der Waals surface area contributed by atoms with E-state index in [2.05, 4.69) is 38.5 Å². The average Bonchev–Trinajstić information content (AvgIpc) is 3.25. The third-order valence-corrected chi connectivity index (χ3v) is 4.73. The van der Waals surface area contributed by atoms with E-state index in [4.69, 9.17) is 9.84 Å². The van der Waals surface area contributed by atoms with Gasteiger partial charge in [-0.25, -0.2) is 9.78 Å². The summed E-state index contributed by atoms with van der Waals surface area (Å²) in [5.41, 5.74) is 1.68. The van der Waals surface area contributed by atoms with Gasteiger partial charge in [-0.15, -0.1) is 0 Å². The fraction of sp³-hybridized carbons (Fsp3) is 0.571. The van der Waals surface area contributed by atoms with Crippen molar-refractivity contribution in [3.05, 3.63) is 16.2 Å². The molecule has 0 aromatic carbocycles. The summed E-state index contributed by atoms with van der Waals surface area (Å²) in [6.07, 6.45) is 1.36. The molecule has 1 fully saturated rings. The molecule has 0 bridgehead atoms. The number of anilines is 1. The maximum Gasteiger partial charge on any atom is 0.405 e. The highest BCUT2D eigenvalue weighted by Crippen LogP contribution is 2.48. The summed E-state index contributed by atoms with van der Waals surface area (Å²) in [6, 6.07) is 1.83. The second kappa shape index (κ2) is 5.36. The van der Waals surface area contributed by atoms with Crippen LogP contribution in [0.15, 0.2) is 10.7 Å². The topological polar surface area (TPSA) is 83.5 Å². The van der Waals surface area contributed by atoms with Crippen LogP contribution in [0.1, 0.15) is 31.4 Å². The lowest BCUT2D eigenvalue weighted by Crippen LogP contribution is -2.44. The van der Waals surface area contributed by atoms with E-state index in [9.17, 15) is 4.79 Å². The Balaban J connectivity index is 2.06. The summed E-state index contributed by atoms with van der Waals surface area (Å²) >= 11 is 3.36. The number of halogens is 1. The van der Waals surface area contributed by atoms with Crippen molar-refractivity contribution in [2.24, 2.45) is 11.8 Å². The maximum absolute atomic E-state index is 11.2. The first-order valence-corrected chi connectivity index (χ1v) is 7.81. The second-order valence-electron chi connectivity index (χ2n) is 5.71. The van der Waals surface area contributed by atoms with E-state index in [1.165, 1.54) is 12.8 Å². The summed E-state index contributed by atoms with van der Waals surface area (Å²) in [4.78, 5) is 15.5. The number of amides is 1. The Morgan fingerprint density at radius 1 is 1.57 bits per heavy atom. The fourth-order valence-corrected chi connectivity index (χ4v) is 3.59. The van der Waals surface area contributed by atoms with Crippen LogP contribution >= 0.6 is 15.9 Å². The molecular formula is C14H18BrN3O3. The monoisotopic (exact) mass is 355 g/mol. The molecule has 1 aliphatic heterocycles. The number of nitrogens with zero attached hydrogens (tertiary/aromatic N) is 1. The molecule has 1 aromatic heterocycles. The van der Waals surface area contributed by atoms with E-state index in [0.717, 1.165) is 11.3 Å². The molecule has 6 nitrogen and oxygen atoms in total. The summed E-state index contributed by atoms with van der Waals surface area (Å²) in [6.45, 7) is 2.08. The number of pyridine rings is 1. The van der Waals surface area contributed by atoms with E-state index in [1.807, 2.05) is 6.07 Å². The first-order chi connectivity index (χ1) is 10.0. The van der Waals surface area contributed by atoms with Crippen LogP contribution in [-0.4, -0.2) is 29.3 Å². The van der Waals surface area contributed by atoms with Gasteiger partial charge in [-0.05, 0) is 40.8 Å². The minimum atomic E-state index is -1.01. The molecule has 2 heterocycles. The number of rotatable bonds is 3. The maximum atomic E-state index is 11.2. The van der Waals surface area contributed by atoms with Crippen LogP contribution in [0, 0.1) is 11.8 Å². The number of hydrogen-bond acceptors (Lipinski definition) is 4.